The fraction of sp³-hybridized carbons (Fsp3) is 0.625. The number of nitrogens with two attached hydrogens (primary N) is 1. The summed E-state index contributed by atoms with van der Waals surface area (Å²) in [4.78, 5) is 4.29. The highest BCUT2D eigenvalue weighted by atomic mass is 15.1. The Balaban J connectivity index is 2.32. The van der Waals surface area contributed by atoms with E-state index in [0.29, 0.717) is 5.92 Å². The van der Waals surface area contributed by atoms with E-state index in [-0.39, 0.29) is 0 Å². The Labute approximate surface area is 66.2 Å². The third-order valence-corrected chi connectivity index (χ3v) is 2.35. The van der Waals surface area contributed by atoms with Gasteiger partial charge in [-0.05, 0) is 12.8 Å². The molecule has 11 heavy (non-hydrogen) atoms. The molecule has 0 saturated carbocycles. The quantitative estimate of drug-likeness (QED) is 0.642. The minimum Gasteiger partial charge on any atom is -0.335 e. The van der Waals surface area contributed by atoms with Gasteiger partial charge in [0.25, 0.3) is 0 Å². The molecule has 60 valence electrons. The SMILES string of the molecule is NCC1CCCn2ccnc21. The topological polar surface area (TPSA) is 43.8 Å². The van der Waals surface area contributed by atoms with Gasteiger partial charge in [0, 0.05) is 31.4 Å². The maximum absolute atomic E-state index is 5.62. The predicted molar refractivity (Wildman–Crippen MR) is 43.3 cm³/mol. The number of aryl methyl sites for hydroxylation is 1. The van der Waals surface area contributed by atoms with Gasteiger partial charge in [-0.2, -0.15) is 0 Å². The molecule has 1 aromatic rings. The zero-order valence-corrected chi connectivity index (χ0v) is 6.53. The molecule has 3 nitrogen and oxygen atoms in total. The molecular formula is C8H13N3. The third-order valence-electron chi connectivity index (χ3n) is 2.35. The summed E-state index contributed by atoms with van der Waals surface area (Å²) < 4.78 is 2.21. The van der Waals surface area contributed by atoms with Crippen LogP contribution in [-0.4, -0.2) is 16.1 Å². The van der Waals surface area contributed by atoms with Crippen molar-refractivity contribution >= 4 is 0 Å². The van der Waals surface area contributed by atoms with Crippen LogP contribution < -0.4 is 5.73 Å². The molecule has 1 atom stereocenters. The van der Waals surface area contributed by atoms with Crippen LogP contribution >= 0.6 is 0 Å². The Morgan fingerprint density at radius 3 is 3.45 bits per heavy atom. The molecule has 0 bridgehead atoms. The molecule has 0 aromatic carbocycles. The maximum Gasteiger partial charge on any atom is 0.113 e. The molecule has 2 rings (SSSR count). The third kappa shape index (κ3) is 1.05. The first-order valence-corrected chi connectivity index (χ1v) is 4.13. The molecule has 2 heterocycles. The Morgan fingerprint density at radius 1 is 1.73 bits per heavy atom. The van der Waals surface area contributed by atoms with Crippen molar-refractivity contribution in [3.8, 4) is 0 Å². The molecule has 0 amide bonds. The van der Waals surface area contributed by atoms with Crippen molar-refractivity contribution < 1.29 is 0 Å². The van der Waals surface area contributed by atoms with E-state index in [1.807, 2.05) is 12.4 Å². The summed E-state index contributed by atoms with van der Waals surface area (Å²) >= 11 is 0. The van der Waals surface area contributed by atoms with Gasteiger partial charge < -0.3 is 10.3 Å². The molecule has 1 aliphatic heterocycles. The minimum atomic E-state index is 0.499. The van der Waals surface area contributed by atoms with Crippen LogP contribution in [0.25, 0.3) is 0 Å². The highest BCUT2D eigenvalue weighted by Gasteiger charge is 2.19. The first-order chi connectivity index (χ1) is 5.42. The lowest BCUT2D eigenvalue weighted by molar-refractivity contribution is 0.448. The number of nitrogens with zero attached hydrogens (tertiary/aromatic N) is 2. The minimum absolute atomic E-state index is 0.499. The molecule has 2 N–H and O–H groups in total. The van der Waals surface area contributed by atoms with Crippen molar-refractivity contribution in [2.45, 2.75) is 25.3 Å². The Morgan fingerprint density at radius 2 is 2.64 bits per heavy atom. The van der Waals surface area contributed by atoms with E-state index in [1.165, 1.54) is 18.7 Å². The molecule has 0 radical (unpaired) electrons. The number of imidazole rings is 1. The van der Waals surface area contributed by atoms with E-state index in [4.69, 9.17) is 5.73 Å². The number of hydrogen-bond donors (Lipinski definition) is 1. The van der Waals surface area contributed by atoms with Crippen LogP contribution in [-0.2, 0) is 6.54 Å². The molecule has 0 spiro atoms. The van der Waals surface area contributed by atoms with Crippen LogP contribution in [0.15, 0.2) is 12.4 Å². The first-order valence-electron chi connectivity index (χ1n) is 4.13. The summed E-state index contributed by atoms with van der Waals surface area (Å²) in [6, 6.07) is 0. The summed E-state index contributed by atoms with van der Waals surface area (Å²) in [5.74, 6) is 1.68. The maximum atomic E-state index is 5.62. The van der Waals surface area contributed by atoms with E-state index in [9.17, 15) is 0 Å². The largest absolute Gasteiger partial charge is 0.335 e. The van der Waals surface area contributed by atoms with E-state index in [1.54, 1.807) is 0 Å². The molecule has 0 aliphatic carbocycles. The van der Waals surface area contributed by atoms with Crippen molar-refractivity contribution in [3.63, 3.8) is 0 Å². The van der Waals surface area contributed by atoms with Gasteiger partial charge in [0.05, 0.1) is 0 Å². The van der Waals surface area contributed by atoms with Crippen LogP contribution in [0.1, 0.15) is 24.6 Å². The number of rotatable bonds is 1. The fourth-order valence-electron chi connectivity index (χ4n) is 1.73. The monoisotopic (exact) mass is 151 g/mol. The molecule has 0 fully saturated rings. The van der Waals surface area contributed by atoms with Crippen molar-refractivity contribution in [2.24, 2.45) is 5.73 Å². The van der Waals surface area contributed by atoms with Gasteiger partial charge in [-0.25, -0.2) is 4.98 Å². The lowest BCUT2D eigenvalue weighted by atomic mass is 9.99. The average molecular weight is 151 g/mol. The van der Waals surface area contributed by atoms with Gasteiger partial charge in [-0.1, -0.05) is 0 Å². The van der Waals surface area contributed by atoms with Crippen LogP contribution in [0.5, 0.6) is 0 Å². The highest BCUT2D eigenvalue weighted by Crippen LogP contribution is 2.23. The highest BCUT2D eigenvalue weighted by molar-refractivity contribution is 5.03. The number of aromatic nitrogens is 2. The lowest BCUT2D eigenvalue weighted by Gasteiger charge is -2.21. The van der Waals surface area contributed by atoms with E-state index in [2.05, 4.69) is 9.55 Å². The second kappa shape index (κ2) is 2.66. The van der Waals surface area contributed by atoms with Crippen LogP contribution in [0.4, 0.5) is 0 Å². The summed E-state index contributed by atoms with van der Waals surface area (Å²) in [5, 5.41) is 0. The summed E-state index contributed by atoms with van der Waals surface area (Å²) in [5.41, 5.74) is 5.62. The second-order valence-corrected chi connectivity index (χ2v) is 3.05. The molecule has 1 unspecified atom stereocenters. The van der Waals surface area contributed by atoms with Crippen molar-refractivity contribution in [1.29, 1.82) is 0 Å². The van der Waals surface area contributed by atoms with Gasteiger partial charge in [-0.15, -0.1) is 0 Å². The van der Waals surface area contributed by atoms with Crippen LogP contribution in [0.2, 0.25) is 0 Å². The number of fused-ring (bicyclic) bond motifs is 1. The van der Waals surface area contributed by atoms with Crippen molar-refractivity contribution in [2.75, 3.05) is 6.54 Å². The van der Waals surface area contributed by atoms with Gasteiger partial charge in [-0.3, -0.25) is 0 Å². The molecular weight excluding hydrogens is 138 g/mol. The molecule has 3 heteroatoms. The Bertz CT molecular complexity index is 241. The zero-order valence-electron chi connectivity index (χ0n) is 6.53. The Hall–Kier alpha value is -0.830. The number of hydrogen-bond acceptors (Lipinski definition) is 2. The fourth-order valence-corrected chi connectivity index (χ4v) is 1.73. The Kier molecular flexibility index (Phi) is 1.66. The van der Waals surface area contributed by atoms with Crippen molar-refractivity contribution in [3.05, 3.63) is 18.2 Å². The average Bonchev–Trinajstić information content (AvgIpc) is 2.50. The second-order valence-electron chi connectivity index (χ2n) is 3.05. The molecule has 1 aliphatic rings. The van der Waals surface area contributed by atoms with Crippen LogP contribution in [0.3, 0.4) is 0 Å². The summed E-state index contributed by atoms with van der Waals surface area (Å²) in [7, 11) is 0. The van der Waals surface area contributed by atoms with Gasteiger partial charge >= 0.3 is 0 Å². The van der Waals surface area contributed by atoms with E-state index >= 15 is 0 Å². The van der Waals surface area contributed by atoms with Crippen LogP contribution in [0, 0.1) is 0 Å². The van der Waals surface area contributed by atoms with Gasteiger partial charge in [0.1, 0.15) is 5.82 Å². The normalized spacial score (nSPS) is 23.2. The molecule has 1 aromatic heterocycles. The lowest BCUT2D eigenvalue weighted by Crippen LogP contribution is -2.21. The summed E-state index contributed by atoms with van der Waals surface area (Å²) in [6.07, 6.45) is 6.35. The van der Waals surface area contributed by atoms with Gasteiger partial charge in [0.2, 0.25) is 0 Å². The first kappa shape index (κ1) is 6.85. The predicted octanol–water partition coefficient (Wildman–Crippen LogP) is 0.719. The van der Waals surface area contributed by atoms with Gasteiger partial charge in [0.15, 0.2) is 0 Å². The molecule has 0 saturated heterocycles. The standard InChI is InChI=1S/C8H13N3/c9-6-7-2-1-4-11-5-3-10-8(7)11/h3,5,7H,1-2,4,6,9H2. The summed E-state index contributed by atoms with van der Waals surface area (Å²) in [6.45, 7) is 1.85. The zero-order chi connectivity index (χ0) is 7.68. The smallest absolute Gasteiger partial charge is 0.113 e. The van der Waals surface area contributed by atoms with Crippen molar-refractivity contribution in [1.82, 2.24) is 9.55 Å². The van der Waals surface area contributed by atoms with E-state index in [0.717, 1.165) is 13.1 Å². The van der Waals surface area contributed by atoms with E-state index < -0.39 is 0 Å².